The lowest BCUT2D eigenvalue weighted by Crippen LogP contribution is -2.39. The first kappa shape index (κ1) is 21.4. The van der Waals surface area contributed by atoms with Crippen LogP contribution in [0.5, 0.6) is 0 Å². The molecule has 0 spiro atoms. The summed E-state index contributed by atoms with van der Waals surface area (Å²) in [4.78, 5) is 11.7. The van der Waals surface area contributed by atoms with Gasteiger partial charge in [-0.3, -0.25) is 4.18 Å². The molecule has 0 fully saturated rings. The van der Waals surface area contributed by atoms with Gasteiger partial charge in [-0.2, -0.15) is 8.42 Å². The Morgan fingerprint density at radius 1 is 1.24 bits per heavy atom. The van der Waals surface area contributed by atoms with Gasteiger partial charge in [-0.25, -0.2) is 4.79 Å². The third-order valence-corrected chi connectivity index (χ3v) is 4.36. The van der Waals surface area contributed by atoms with Gasteiger partial charge in [0.25, 0.3) is 10.1 Å². The van der Waals surface area contributed by atoms with E-state index in [1.807, 2.05) is 51.1 Å². The highest BCUT2D eigenvalue weighted by Crippen LogP contribution is 2.15. The van der Waals surface area contributed by atoms with Crippen molar-refractivity contribution in [2.45, 2.75) is 39.8 Å². The summed E-state index contributed by atoms with van der Waals surface area (Å²) in [5, 5.41) is 11.8. The molecule has 0 aliphatic heterocycles. The van der Waals surface area contributed by atoms with Crippen molar-refractivity contribution < 1.29 is 27.2 Å². The monoisotopic (exact) mass is 373 g/mol. The van der Waals surface area contributed by atoms with E-state index in [9.17, 15) is 18.3 Å². The van der Waals surface area contributed by atoms with Gasteiger partial charge in [0, 0.05) is 0 Å². The van der Waals surface area contributed by atoms with Crippen molar-refractivity contribution in [2.75, 3.05) is 19.0 Å². The number of amides is 1. The second kappa shape index (κ2) is 9.74. The zero-order valence-electron chi connectivity index (χ0n) is 14.9. The van der Waals surface area contributed by atoms with Gasteiger partial charge in [0.2, 0.25) is 0 Å². The topological polar surface area (TPSA) is 102 Å². The minimum Gasteiger partial charge on any atom is -0.445 e. The van der Waals surface area contributed by atoms with Crippen molar-refractivity contribution >= 4 is 16.2 Å². The number of aliphatic hydroxyl groups is 1. The second-order valence-corrected chi connectivity index (χ2v) is 8.72. The molecule has 1 rings (SSSR count). The Morgan fingerprint density at radius 2 is 1.88 bits per heavy atom. The van der Waals surface area contributed by atoms with Crippen LogP contribution in [0.4, 0.5) is 4.79 Å². The molecule has 1 amide bonds. The molecule has 0 aliphatic carbocycles. The second-order valence-electron chi connectivity index (χ2n) is 6.96. The molecule has 142 valence electrons. The van der Waals surface area contributed by atoms with Gasteiger partial charge in [0.1, 0.15) is 6.61 Å². The summed E-state index contributed by atoms with van der Waals surface area (Å²) in [6.07, 6.45) is -0.681. The van der Waals surface area contributed by atoms with E-state index in [1.165, 1.54) is 0 Å². The van der Waals surface area contributed by atoms with Gasteiger partial charge < -0.3 is 15.2 Å². The molecule has 0 aromatic heterocycles. The van der Waals surface area contributed by atoms with Crippen LogP contribution < -0.4 is 5.32 Å². The van der Waals surface area contributed by atoms with Gasteiger partial charge in [0.05, 0.1) is 25.0 Å². The standard InChI is InChI=1S/C17H27NO6S/c1-17(2,3)13-24-25(21,22)10-9-15(11-19)18-16(20)23-12-14-7-5-4-6-8-14/h4-8,15,19H,9-13H2,1-3H3,(H,18,20). The number of carbonyl (C=O) groups is 1. The molecular weight excluding hydrogens is 346 g/mol. The molecule has 0 saturated carbocycles. The smallest absolute Gasteiger partial charge is 0.407 e. The average Bonchev–Trinajstić information content (AvgIpc) is 2.55. The third kappa shape index (κ3) is 10.1. The molecule has 1 unspecified atom stereocenters. The highest BCUT2D eigenvalue weighted by molar-refractivity contribution is 7.86. The zero-order valence-corrected chi connectivity index (χ0v) is 15.7. The Hall–Kier alpha value is -1.64. The summed E-state index contributed by atoms with van der Waals surface area (Å²) >= 11 is 0. The van der Waals surface area contributed by atoms with Crippen LogP contribution in [0.15, 0.2) is 30.3 Å². The fraction of sp³-hybridized carbons (Fsp3) is 0.588. The zero-order chi connectivity index (χ0) is 18.9. The van der Waals surface area contributed by atoms with Crippen LogP contribution in [0.3, 0.4) is 0 Å². The largest absolute Gasteiger partial charge is 0.445 e. The maximum Gasteiger partial charge on any atom is 0.407 e. The SMILES string of the molecule is CC(C)(C)COS(=O)(=O)CCC(CO)NC(=O)OCc1ccccc1. The molecule has 0 radical (unpaired) electrons. The number of alkyl carbamates (subject to hydrolysis) is 1. The Balaban J connectivity index is 2.39. The van der Waals surface area contributed by atoms with E-state index < -0.39 is 28.9 Å². The molecule has 2 N–H and O–H groups in total. The molecule has 0 heterocycles. The van der Waals surface area contributed by atoms with Gasteiger partial charge in [-0.05, 0) is 17.4 Å². The predicted octanol–water partition coefficient (Wildman–Crippen LogP) is 2.06. The summed E-state index contributed by atoms with van der Waals surface area (Å²) in [7, 11) is -3.71. The first-order valence-corrected chi connectivity index (χ1v) is 9.64. The van der Waals surface area contributed by atoms with Gasteiger partial charge in [0.15, 0.2) is 0 Å². The Morgan fingerprint density at radius 3 is 2.44 bits per heavy atom. The van der Waals surface area contributed by atoms with Crippen LogP contribution in [-0.2, 0) is 25.6 Å². The van der Waals surface area contributed by atoms with E-state index in [4.69, 9.17) is 8.92 Å². The number of rotatable bonds is 9. The van der Waals surface area contributed by atoms with E-state index in [-0.39, 0.29) is 30.8 Å². The maximum atomic E-state index is 11.8. The fourth-order valence-electron chi connectivity index (χ4n) is 1.75. The lowest BCUT2D eigenvalue weighted by Gasteiger charge is -2.19. The highest BCUT2D eigenvalue weighted by atomic mass is 32.2. The van der Waals surface area contributed by atoms with Crippen molar-refractivity contribution in [3.05, 3.63) is 35.9 Å². The lowest BCUT2D eigenvalue weighted by atomic mass is 9.99. The molecule has 1 aromatic carbocycles. The average molecular weight is 373 g/mol. The summed E-state index contributed by atoms with van der Waals surface area (Å²) in [5.74, 6) is -0.298. The number of ether oxygens (including phenoxy) is 1. The molecule has 1 atom stereocenters. The van der Waals surface area contributed by atoms with Crippen molar-refractivity contribution in [1.29, 1.82) is 0 Å². The van der Waals surface area contributed by atoms with Crippen molar-refractivity contribution in [3.8, 4) is 0 Å². The number of hydrogen-bond donors (Lipinski definition) is 2. The predicted molar refractivity (Wildman–Crippen MR) is 94.4 cm³/mol. The summed E-state index contributed by atoms with van der Waals surface area (Å²) in [6, 6.07) is 8.42. The molecule has 0 aliphatic rings. The van der Waals surface area contributed by atoms with Crippen LogP contribution in [0, 0.1) is 5.41 Å². The number of aliphatic hydroxyl groups excluding tert-OH is 1. The van der Waals surface area contributed by atoms with Gasteiger partial charge in [-0.15, -0.1) is 0 Å². The molecule has 0 saturated heterocycles. The Bertz CT molecular complexity index is 624. The van der Waals surface area contributed by atoms with E-state index in [2.05, 4.69) is 5.32 Å². The van der Waals surface area contributed by atoms with Crippen LogP contribution >= 0.6 is 0 Å². The van der Waals surface area contributed by atoms with Crippen molar-refractivity contribution in [1.82, 2.24) is 5.32 Å². The van der Waals surface area contributed by atoms with Gasteiger partial charge >= 0.3 is 6.09 Å². The van der Waals surface area contributed by atoms with Crippen molar-refractivity contribution in [3.63, 3.8) is 0 Å². The van der Waals surface area contributed by atoms with E-state index in [0.29, 0.717) is 0 Å². The van der Waals surface area contributed by atoms with Crippen molar-refractivity contribution in [2.24, 2.45) is 5.41 Å². The highest BCUT2D eigenvalue weighted by Gasteiger charge is 2.21. The first-order valence-electron chi connectivity index (χ1n) is 8.06. The van der Waals surface area contributed by atoms with E-state index in [0.717, 1.165) is 5.56 Å². The van der Waals surface area contributed by atoms with Crippen LogP contribution in [-0.4, -0.2) is 44.6 Å². The van der Waals surface area contributed by atoms with E-state index >= 15 is 0 Å². The lowest BCUT2D eigenvalue weighted by molar-refractivity contribution is 0.128. The maximum absolute atomic E-state index is 11.8. The molecule has 1 aromatic rings. The Labute approximate surface area is 149 Å². The molecule has 8 heteroatoms. The summed E-state index contributed by atoms with van der Waals surface area (Å²) in [5.41, 5.74) is 0.555. The first-order chi connectivity index (χ1) is 11.6. The molecule has 0 bridgehead atoms. The van der Waals surface area contributed by atoms with Crippen LogP contribution in [0.1, 0.15) is 32.8 Å². The third-order valence-electron chi connectivity index (χ3n) is 3.14. The fourth-order valence-corrected chi connectivity index (χ4v) is 2.98. The number of benzene rings is 1. The Kier molecular flexibility index (Phi) is 8.34. The van der Waals surface area contributed by atoms with Gasteiger partial charge in [-0.1, -0.05) is 51.1 Å². The number of carbonyl (C=O) groups excluding carboxylic acids is 1. The quantitative estimate of drug-likeness (QED) is 0.643. The molecule has 25 heavy (non-hydrogen) atoms. The number of hydrogen-bond acceptors (Lipinski definition) is 6. The minimum absolute atomic E-state index is 0.0312. The normalized spacial score (nSPS) is 13.3. The van der Waals surface area contributed by atoms with Crippen LogP contribution in [0.2, 0.25) is 0 Å². The van der Waals surface area contributed by atoms with Crippen LogP contribution in [0.25, 0.3) is 0 Å². The minimum atomic E-state index is -3.71. The molecular formula is C17H27NO6S. The number of nitrogens with one attached hydrogen (secondary N) is 1. The summed E-state index contributed by atoms with van der Waals surface area (Å²) in [6.45, 7) is 5.37. The van der Waals surface area contributed by atoms with E-state index in [1.54, 1.807) is 0 Å². The summed E-state index contributed by atoms with van der Waals surface area (Å²) < 4.78 is 33.7. The molecule has 7 nitrogen and oxygen atoms in total.